The van der Waals surface area contributed by atoms with Gasteiger partial charge in [-0.1, -0.05) is 30.3 Å². The number of carbonyl (C=O) groups excluding carboxylic acids is 1. The normalized spacial score (nSPS) is 31.3. The molecule has 2 saturated heterocycles. The van der Waals surface area contributed by atoms with Crippen molar-refractivity contribution in [1.29, 1.82) is 0 Å². The maximum atomic E-state index is 12.3. The predicted molar refractivity (Wildman–Crippen MR) is 88.5 cm³/mol. The third-order valence-corrected chi connectivity index (χ3v) is 4.43. The molecule has 3 aliphatic rings. The lowest BCUT2D eigenvalue weighted by Gasteiger charge is -2.21. The van der Waals surface area contributed by atoms with Gasteiger partial charge in [0, 0.05) is 0 Å². The van der Waals surface area contributed by atoms with Crippen LogP contribution in [0.15, 0.2) is 41.9 Å². The highest BCUT2D eigenvalue weighted by Crippen LogP contribution is 2.45. The fraction of sp³-hybridized carbons (Fsp3) is 0.526. The summed E-state index contributed by atoms with van der Waals surface area (Å²) >= 11 is 0. The number of benzene rings is 1. The molecule has 2 unspecified atom stereocenters. The van der Waals surface area contributed by atoms with Crippen molar-refractivity contribution in [2.24, 2.45) is 0 Å². The molecular weight excluding hydrogens is 340 g/mol. The van der Waals surface area contributed by atoms with Gasteiger partial charge in [-0.3, -0.25) is 0 Å². The summed E-state index contributed by atoms with van der Waals surface area (Å²) in [6, 6.07) is 9.66. The molecule has 0 aliphatic carbocycles. The van der Waals surface area contributed by atoms with E-state index in [4.69, 9.17) is 28.4 Å². The van der Waals surface area contributed by atoms with Crippen LogP contribution < -0.4 is 0 Å². The molecule has 3 aliphatic heterocycles. The predicted octanol–water partition coefficient (Wildman–Crippen LogP) is 2.25. The van der Waals surface area contributed by atoms with Gasteiger partial charge in [-0.15, -0.1) is 0 Å². The lowest BCUT2D eigenvalue weighted by molar-refractivity contribution is -0.210. The van der Waals surface area contributed by atoms with Gasteiger partial charge in [0.15, 0.2) is 36.1 Å². The number of esters is 1. The Labute approximate surface area is 151 Å². The van der Waals surface area contributed by atoms with Crippen LogP contribution in [0.3, 0.4) is 0 Å². The van der Waals surface area contributed by atoms with E-state index in [-0.39, 0.29) is 19.0 Å². The molecule has 140 valence electrons. The van der Waals surface area contributed by atoms with Crippen molar-refractivity contribution in [1.82, 2.24) is 0 Å². The van der Waals surface area contributed by atoms with Gasteiger partial charge in [-0.25, -0.2) is 4.79 Å². The van der Waals surface area contributed by atoms with Gasteiger partial charge in [0.2, 0.25) is 5.76 Å². The standard InChI is InChI=1S/C19H22O7/c1-4-21-17(20)15-12(22-10-11-8-6-5-7-9-11)13-14(23-15)16-18(24-13)26-19(2,3)25-16/h5-9,13-14,16,18H,4,10H2,1-3H3/t13?,14?,16-,18-/m1/s1. The van der Waals surface area contributed by atoms with Gasteiger partial charge >= 0.3 is 5.97 Å². The van der Waals surface area contributed by atoms with Crippen LogP contribution in [0.1, 0.15) is 26.3 Å². The summed E-state index contributed by atoms with van der Waals surface area (Å²) < 4.78 is 34.4. The minimum Gasteiger partial charge on any atom is -0.486 e. The topological polar surface area (TPSA) is 72.5 Å². The first kappa shape index (κ1) is 17.3. The highest BCUT2D eigenvalue weighted by Gasteiger charge is 2.61. The zero-order chi connectivity index (χ0) is 18.3. The van der Waals surface area contributed by atoms with Crippen LogP contribution in [-0.4, -0.2) is 43.0 Å². The van der Waals surface area contributed by atoms with Gasteiger partial charge in [0.1, 0.15) is 6.61 Å². The number of hydrogen-bond acceptors (Lipinski definition) is 7. The van der Waals surface area contributed by atoms with Crippen molar-refractivity contribution in [3.63, 3.8) is 0 Å². The molecule has 0 saturated carbocycles. The minimum absolute atomic E-state index is 0.0459. The highest BCUT2D eigenvalue weighted by molar-refractivity contribution is 5.87. The molecule has 4 atom stereocenters. The number of hydrogen-bond donors (Lipinski definition) is 0. The first-order chi connectivity index (χ1) is 12.5. The second-order valence-corrected chi connectivity index (χ2v) is 6.80. The van der Waals surface area contributed by atoms with E-state index in [1.165, 1.54) is 0 Å². The summed E-state index contributed by atoms with van der Waals surface area (Å²) in [6.45, 7) is 5.89. The molecule has 0 aromatic heterocycles. The van der Waals surface area contributed by atoms with Gasteiger partial charge in [-0.05, 0) is 26.3 Å². The Bertz CT molecular complexity index is 712. The lowest BCUT2D eigenvalue weighted by atomic mass is 10.1. The summed E-state index contributed by atoms with van der Waals surface area (Å²) in [4.78, 5) is 12.3. The van der Waals surface area contributed by atoms with E-state index in [1.54, 1.807) is 6.92 Å². The Morgan fingerprint density at radius 1 is 1.15 bits per heavy atom. The Hall–Kier alpha value is -2.09. The van der Waals surface area contributed by atoms with E-state index in [0.717, 1.165) is 5.56 Å². The summed E-state index contributed by atoms with van der Waals surface area (Å²) in [5.41, 5.74) is 0.971. The van der Waals surface area contributed by atoms with Gasteiger partial charge < -0.3 is 28.4 Å². The van der Waals surface area contributed by atoms with Crippen LogP contribution in [0.5, 0.6) is 0 Å². The molecule has 1 aromatic carbocycles. The van der Waals surface area contributed by atoms with Crippen molar-refractivity contribution < 1.29 is 33.2 Å². The Kier molecular flexibility index (Phi) is 4.38. The number of carbonyl (C=O) groups is 1. The van der Waals surface area contributed by atoms with Crippen molar-refractivity contribution in [2.45, 2.75) is 57.8 Å². The number of fused-ring (bicyclic) bond motifs is 3. The van der Waals surface area contributed by atoms with Crippen LogP contribution in [0.2, 0.25) is 0 Å². The Morgan fingerprint density at radius 2 is 1.92 bits per heavy atom. The molecule has 1 aromatic rings. The van der Waals surface area contributed by atoms with Gasteiger partial charge in [0.25, 0.3) is 0 Å². The molecule has 4 rings (SSSR count). The Morgan fingerprint density at radius 3 is 2.65 bits per heavy atom. The van der Waals surface area contributed by atoms with Gasteiger partial charge in [0.05, 0.1) is 6.61 Å². The molecule has 0 spiro atoms. The van der Waals surface area contributed by atoms with Crippen molar-refractivity contribution in [3.8, 4) is 0 Å². The van der Waals surface area contributed by atoms with Crippen LogP contribution in [0.4, 0.5) is 0 Å². The fourth-order valence-corrected chi connectivity index (χ4v) is 3.37. The summed E-state index contributed by atoms with van der Waals surface area (Å²) in [5, 5.41) is 0. The second-order valence-electron chi connectivity index (χ2n) is 6.80. The Balaban J connectivity index is 1.55. The van der Waals surface area contributed by atoms with Crippen molar-refractivity contribution in [3.05, 3.63) is 47.4 Å². The number of ether oxygens (including phenoxy) is 6. The second kappa shape index (κ2) is 6.57. The van der Waals surface area contributed by atoms with E-state index in [1.807, 2.05) is 44.2 Å². The average molecular weight is 362 g/mol. The van der Waals surface area contributed by atoms with Crippen LogP contribution in [0, 0.1) is 0 Å². The lowest BCUT2D eigenvalue weighted by Crippen LogP contribution is -2.34. The molecule has 0 amide bonds. The summed E-state index contributed by atoms with van der Waals surface area (Å²) in [5.74, 6) is -0.953. The first-order valence-electron chi connectivity index (χ1n) is 8.74. The van der Waals surface area contributed by atoms with E-state index in [9.17, 15) is 4.79 Å². The highest BCUT2D eigenvalue weighted by atomic mass is 16.8. The average Bonchev–Trinajstić information content (AvgIpc) is 3.20. The van der Waals surface area contributed by atoms with Crippen LogP contribution >= 0.6 is 0 Å². The molecule has 0 bridgehead atoms. The molecule has 26 heavy (non-hydrogen) atoms. The smallest absolute Gasteiger partial charge is 0.377 e. The molecule has 7 nitrogen and oxygen atoms in total. The zero-order valence-corrected chi connectivity index (χ0v) is 15.0. The van der Waals surface area contributed by atoms with Crippen molar-refractivity contribution in [2.75, 3.05) is 6.61 Å². The van der Waals surface area contributed by atoms with E-state index in [2.05, 4.69) is 0 Å². The van der Waals surface area contributed by atoms with Crippen LogP contribution in [0.25, 0.3) is 0 Å². The SMILES string of the molecule is CCOC(=O)C1=C(OCc2ccccc2)C2O[C@@H]3OC(C)(C)O[C@@H]3C2O1. The minimum atomic E-state index is -0.762. The molecular formula is C19H22O7. The van der Waals surface area contributed by atoms with Gasteiger partial charge in [-0.2, -0.15) is 0 Å². The zero-order valence-electron chi connectivity index (χ0n) is 15.0. The third kappa shape index (κ3) is 3.06. The fourth-order valence-electron chi connectivity index (χ4n) is 3.37. The summed E-state index contributed by atoms with van der Waals surface area (Å²) in [6.07, 6.45) is -2.06. The van der Waals surface area contributed by atoms with Crippen LogP contribution in [-0.2, 0) is 39.8 Å². The molecule has 3 heterocycles. The van der Waals surface area contributed by atoms with E-state index in [0.29, 0.717) is 5.76 Å². The monoisotopic (exact) mass is 362 g/mol. The van der Waals surface area contributed by atoms with E-state index < -0.39 is 36.4 Å². The van der Waals surface area contributed by atoms with E-state index >= 15 is 0 Å². The molecule has 0 radical (unpaired) electrons. The number of rotatable bonds is 5. The maximum absolute atomic E-state index is 12.3. The van der Waals surface area contributed by atoms with Crippen molar-refractivity contribution >= 4 is 5.97 Å². The molecule has 7 heteroatoms. The quantitative estimate of drug-likeness (QED) is 0.744. The maximum Gasteiger partial charge on any atom is 0.377 e. The third-order valence-electron chi connectivity index (χ3n) is 4.43. The first-order valence-corrected chi connectivity index (χ1v) is 8.74. The molecule has 2 fully saturated rings. The molecule has 0 N–H and O–H groups in total. The summed E-state index contributed by atoms with van der Waals surface area (Å²) in [7, 11) is 0. The largest absolute Gasteiger partial charge is 0.486 e.